The average molecular weight is 382 g/mol. The second-order valence-corrected chi connectivity index (χ2v) is 7.39. The maximum absolute atomic E-state index is 11.9. The molecule has 144 valence electrons. The average Bonchev–Trinajstić information content (AvgIpc) is 2.60. The predicted octanol–water partition coefficient (Wildman–Crippen LogP) is 4.05. The van der Waals surface area contributed by atoms with Gasteiger partial charge in [0.2, 0.25) is 0 Å². The van der Waals surface area contributed by atoms with E-state index in [1.807, 2.05) is 19.1 Å². The largest absolute Gasteiger partial charge is 0.493 e. The van der Waals surface area contributed by atoms with Gasteiger partial charge < -0.3 is 14.8 Å². The van der Waals surface area contributed by atoms with Crippen molar-refractivity contribution in [2.75, 3.05) is 13.2 Å². The third-order valence-corrected chi connectivity index (χ3v) is 4.98. The van der Waals surface area contributed by atoms with Crippen LogP contribution < -0.4 is 10.1 Å². The van der Waals surface area contributed by atoms with Crippen LogP contribution in [-0.2, 0) is 14.3 Å². The first-order valence-electron chi connectivity index (χ1n) is 9.29. The lowest BCUT2D eigenvalue weighted by Gasteiger charge is -2.29. The van der Waals surface area contributed by atoms with Gasteiger partial charge in [-0.3, -0.25) is 9.59 Å². The molecule has 1 aliphatic rings. The third kappa shape index (κ3) is 6.87. The first-order valence-corrected chi connectivity index (χ1v) is 9.67. The molecular weight excluding hydrogens is 354 g/mol. The Bertz CT molecular complexity index is 620. The van der Waals surface area contributed by atoms with E-state index in [-0.39, 0.29) is 30.9 Å². The zero-order valence-corrected chi connectivity index (χ0v) is 16.3. The van der Waals surface area contributed by atoms with Gasteiger partial charge in [-0.2, -0.15) is 0 Å². The van der Waals surface area contributed by atoms with E-state index in [2.05, 4.69) is 12.2 Å². The zero-order chi connectivity index (χ0) is 18.9. The molecule has 0 aromatic heterocycles. The van der Waals surface area contributed by atoms with Crippen molar-refractivity contribution < 1.29 is 19.1 Å². The standard InChI is InChI=1S/C20H28ClNO4/c1-14-6-3-4-7-17(14)22-19(23)13-26-20(24)8-5-11-25-18-10-9-16(21)12-15(18)2/h9-10,12,14,17H,3-8,11,13H2,1-2H3,(H,22,23)/t14-,17-/m0/s1. The summed E-state index contributed by atoms with van der Waals surface area (Å²) >= 11 is 5.90. The number of hydrogen-bond acceptors (Lipinski definition) is 4. The van der Waals surface area contributed by atoms with E-state index in [1.165, 1.54) is 6.42 Å². The maximum atomic E-state index is 11.9. The highest BCUT2D eigenvalue weighted by Crippen LogP contribution is 2.23. The van der Waals surface area contributed by atoms with Crippen molar-refractivity contribution in [3.05, 3.63) is 28.8 Å². The van der Waals surface area contributed by atoms with Crippen molar-refractivity contribution in [1.29, 1.82) is 0 Å². The van der Waals surface area contributed by atoms with E-state index < -0.39 is 0 Å². The normalized spacial score (nSPS) is 19.7. The Hall–Kier alpha value is -1.75. The zero-order valence-electron chi connectivity index (χ0n) is 15.6. The third-order valence-electron chi connectivity index (χ3n) is 4.74. The smallest absolute Gasteiger partial charge is 0.306 e. The molecule has 0 aliphatic heterocycles. The van der Waals surface area contributed by atoms with Crippen molar-refractivity contribution in [2.45, 2.75) is 58.4 Å². The number of carbonyl (C=O) groups excluding carboxylic acids is 2. The Morgan fingerprint density at radius 1 is 1.27 bits per heavy atom. The highest BCUT2D eigenvalue weighted by atomic mass is 35.5. The number of esters is 1. The molecule has 1 aliphatic carbocycles. The fraction of sp³-hybridized carbons (Fsp3) is 0.600. The van der Waals surface area contributed by atoms with Crippen LogP contribution in [0.5, 0.6) is 5.75 Å². The highest BCUT2D eigenvalue weighted by molar-refractivity contribution is 6.30. The Morgan fingerprint density at radius 3 is 2.77 bits per heavy atom. The number of rotatable bonds is 8. The van der Waals surface area contributed by atoms with Crippen molar-refractivity contribution in [3.8, 4) is 5.75 Å². The van der Waals surface area contributed by atoms with E-state index in [1.54, 1.807) is 6.07 Å². The van der Waals surface area contributed by atoms with Crippen LogP contribution in [0.1, 0.15) is 51.0 Å². The lowest BCUT2D eigenvalue weighted by molar-refractivity contribution is -0.149. The first-order chi connectivity index (χ1) is 12.5. The molecule has 6 heteroatoms. The van der Waals surface area contributed by atoms with Gasteiger partial charge in [0.25, 0.3) is 5.91 Å². The van der Waals surface area contributed by atoms with Crippen molar-refractivity contribution in [2.24, 2.45) is 5.92 Å². The van der Waals surface area contributed by atoms with Gasteiger partial charge in [-0.15, -0.1) is 0 Å². The van der Waals surface area contributed by atoms with Crippen LogP contribution >= 0.6 is 11.6 Å². The fourth-order valence-corrected chi connectivity index (χ4v) is 3.40. The molecule has 1 saturated carbocycles. The summed E-state index contributed by atoms with van der Waals surface area (Å²) in [7, 11) is 0. The molecular formula is C20H28ClNO4. The van der Waals surface area contributed by atoms with Crippen LogP contribution in [0, 0.1) is 12.8 Å². The molecule has 0 bridgehead atoms. The van der Waals surface area contributed by atoms with Crippen LogP contribution in [0.4, 0.5) is 0 Å². The van der Waals surface area contributed by atoms with Crippen LogP contribution in [0.2, 0.25) is 5.02 Å². The molecule has 2 rings (SSSR count). The van der Waals surface area contributed by atoms with E-state index >= 15 is 0 Å². The molecule has 1 aromatic rings. The Balaban J connectivity index is 1.59. The fourth-order valence-electron chi connectivity index (χ4n) is 3.17. The Morgan fingerprint density at radius 2 is 2.04 bits per heavy atom. The number of amides is 1. The van der Waals surface area contributed by atoms with Gasteiger partial charge in [0.1, 0.15) is 5.75 Å². The van der Waals surface area contributed by atoms with E-state index in [0.717, 1.165) is 30.6 Å². The summed E-state index contributed by atoms with van der Waals surface area (Å²) in [5.74, 6) is 0.638. The number of halogens is 1. The van der Waals surface area contributed by atoms with Crippen molar-refractivity contribution >= 4 is 23.5 Å². The summed E-state index contributed by atoms with van der Waals surface area (Å²) < 4.78 is 10.7. The lowest BCUT2D eigenvalue weighted by Crippen LogP contribution is -2.42. The minimum absolute atomic E-state index is 0.200. The second-order valence-electron chi connectivity index (χ2n) is 6.96. The Labute approximate surface area is 160 Å². The summed E-state index contributed by atoms with van der Waals surface area (Å²) in [6.07, 6.45) is 5.25. The quantitative estimate of drug-likeness (QED) is 0.545. The van der Waals surface area contributed by atoms with Crippen LogP contribution in [0.25, 0.3) is 0 Å². The molecule has 0 unspecified atom stereocenters. The molecule has 26 heavy (non-hydrogen) atoms. The summed E-state index contributed by atoms with van der Waals surface area (Å²) in [6.45, 7) is 4.27. The first kappa shape index (κ1) is 20.6. The van der Waals surface area contributed by atoms with Gasteiger partial charge in [0.05, 0.1) is 6.61 Å². The number of nitrogens with one attached hydrogen (secondary N) is 1. The lowest BCUT2D eigenvalue weighted by atomic mass is 9.86. The van der Waals surface area contributed by atoms with Crippen LogP contribution in [0.3, 0.4) is 0 Å². The monoisotopic (exact) mass is 381 g/mol. The highest BCUT2D eigenvalue weighted by Gasteiger charge is 2.23. The molecule has 1 aromatic carbocycles. The maximum Gasteiger partial charge on any atom is 0.306 e. The van der Waals surface area contributed by atoms with Gasteiger partial charge >= 0.3 is 5.97 Å². The van der Waals surface area contributed by atoms with Gasteiger partial charge in [-0.05, 0) is 55.9 Å². The molecule has 0 saturated heterocycles. The predicted molar refractivity (Wildman–Crippen MR) is 101 cm³/mol. The second kappa shape index (κ2) is 10.4. The van der Waals surface area contributed by atoms with E-state index in [0.29, 0.717) is 24.0 Å². The number of benzene rings is 1. The number of hydrogen-bond donors (Lipinski definition) is 1. The summed E-state index contributed by atoms with van der Waals surface area (Å²) in [6, 6.07) is 5.61. The van der Waals surface area contributed by atoms with Crippen molar-refractivity contribution in [3.63, 3.8) is 0 Å². The van der Waals surface area contributed by atoms with Gasteiger partial charge in [0.15, 0.2) is 6.61 Å². The van der Waals surface area contributed by atoms with E-state index in [9.17, 15) is 9.59 Å². The molecule has 1 fully saturated rings. The molecule has 0 radical (unpaired) electrons. The van der Waals surface area contributed by atoms with Gasteiger partial charge in [-0.25, -0.2) is 0 Å². The molecule has 0 heterocycles. The Kier molecular flexibility index (Phi) is 8.23. The van der Waals surface area contributed by atoms with Gasteiger partial charge in [0, 0.05) is 17.5 Å². The number of ether oxygens (including phenoxy) is 2. The summed E-state index contributed by atoms with van der Waals surface area (Å²) in [5, 5.41) is 3.64. The minimum Gasteiger partial charge on any atom is -0.493 e. The topological polar surface area (TPSA) is 64.6 Å². The SMILES string of the molecule is Cc1cc(Cl)ccc1OCCCC(=O)OCC(=O)N[C@H]1CCCC[C@@H]1C. The number of aryl methyl sites for hydroxylation is 1. The van der Waals surface area contributed by atoms with Crippen LogP contribution in [0.15, 0.2) is 18.2 Å². The van der Waals surface area contributed by atoms with Crippen molar-refractivity contribution in [1.82, 2.24) is 5.32 Å². The molecule has 2 atom stereocenters. The molecule has 1 amide bonds. The van der Waals surface area contributed by atoms with E-state index in [4.69, 9.17) is 21.1 Å². The minimum atomic E-state index is -0.381. The molecule has 1 N–H and O–H groups in total. The molecule has 0 spiro atoms. The summed E-state index contributed by atoms with van der Waals surface area (Å²) in [4.78, 5) is 23.7. The number of carbonyl (C=O) groups is 2. The summed E-state index contributed by atoms with van der Waals surface area (Å²) in [5.41, 5.74) is 0.952. The molecule has 5 nitrogen and oxygen atoms in total. The van der Waals surface area contributed by atoms with Crippen LogP contribution in [-0.4, -0.2) is 31.1 Å². The van der Waals surface area contributed by atoms with Gasteiger partial charge in [-0.1, -0.05) is 31.4 Å².